The number of carbonyl (C=O) groups excluding carboxylic acids is 2. The van der Waals surface area contributed by atoms with Crippen molar-refractivity contribution in [2.75, 3.05) is 16.6 Å². The quantitative estimate of drug-likeness (QED) is 0.0911. The summed E-state index contributed by atoms with van der Waals surface area (Å²) in [6, 6.07) is -0.967. The number of aromatic nitrogens is 4. The van der Waals surface area contributed by atoms with Crippen LogP contribution >= 0.6 is 46.6 Å². The summed E-state index contributed by atoms with van der Waals surface area (Å²) >= 11 is 5.12. The first-order valence-electron chi connectivity index (χ1n) is 9.07. The van der Waals surface area contributed by atoms with Crippen molar-refractivity contribution >= 4 is 75.2 Å². The number of nitrogens with two attached hydrogens (primary N) is 1. The van der Waals surface area contributed by atoms with Crippen molar-refractivity contribution in [1.29, 1.82) is 0 Å². The van der Waals surface area contributed by atoms with Gasteiger partial charge in [0.1, 0.15) is 27.8 Å². The van der Waals surface area contributed by atoms with E-state index < -0.39 is 29.2 Å². The number of amides is 2. The van der Waals surface area contributed by atoms with Crippen LogP contribution in [-0.4, -0.2) is 80.9 Å². The van der Waals surface area contributed by atoms with Crippen molar-refractivity contribution in [1.82, 2.24) is 30.2 Å². The van der Waals surface area contributed by atoms with E-state index >= 15 is 0 Å². The van der Waals surface area contributed by atoms with Crippen LogP contribution in [0.4, 0.5) is 5.13 Å². The van der Waals surface area contributed by atoms with Gasteiger partial charge in [0.05, 0.1) is 11.3 Å². The largest absolute Gasteiger partial charge is 0.477 e. The molecular formula is C16H16N8O5S4. The standard InChI is InChI=1S/C16H16N8O5S4/c1-23-2-8(20-22-23)33-5-32-7-4-30-14-10(13(26)24(14)11(7)15(27)28)19-12(25)9(21-29)6-3-31-16(17)18-6/h2-3,10,14,29H,4-5H2,1H3,(H2,17,18)(H,19,25)(H,27,28)/b21-9-/t10-,14+/m1/s1. The second-order valence-corrected chi connectivity index (χ2v) is 11.0. The van der Waals surface area contributed by atoms with E-state index in [9.17, 15) is 24.7 Å². The number of thiazole rings is 1. The molecule has 0 spiro atoms. The third-order valence-corrected chi connectivity index (χ3v) is 8.77. The zero-order chi connectivity index (χ0) is 23.7. The molecule has 5 N–H and O–H groups in total. The number of aliphatic carboxylic acids is 1. The summed E-state index contributed by atoms with van der Waals surface area (Å²) in [7, 11) is 1.75. The molecule has 0 aliphatic carbocycles. The number of carboxylic acid groups (broad SMARTS) is 1. The van der Waals surface area contributed by atoms with E-state index in [1.807, 2.05) is 0 Å². The van der Waals surface area contributed by atoms with Crippen LogP contribution < -0.4 is 11.1 Å². The summed E-state index contributed by atoms with van der Waals surface area (Å²) < 4.78 is 1.57. The number of thioether (sulfide) groups is 3. The Morgan fingerprint density at radius 1 is 1.42 bits per heavy atom. The minimum absolute atomic E-state index is 0.0721. The monoisotopic (exact) mass is 528 g/mol. The number of carbonyl (C=O) groups is 3. The molecule has 0 radical (unpaired) electrons. The molecule has 174 valence electrons. The molecule has 17 heteroatoms. The topological polar surface area (TPSA) is 189 Å². The second-order valence-electron chi connectivity index (χ2n) is 6.59. The van der Waals surface area contributed by atoms with Gasteiger partial charge in [-0.3, -0.25) is 19.2 Å². The van der Waals surface area contributed by atoms with Gasteiger partial charge in [-0.05, 0) is 0 Å². The lowest BCUT2D eigenvalue weighted by atomic mass is 10.0. The lowest BCUT2D eigenvalue weighted by Gasteiger charge is -2.49. The van der Waals surface area contributed by atoms with Gasteiger partial charge in [0.15, 0.2) is 10.8 Å². The number of fused-ring (bicyclic) bond motifs is 1. The van der Waals surface area contributed by atoms with Crippen LogP contribution in [0.5, 0.6) is 0 Å². The average molecular weight is 529 g/mol. The average Bonchev–Trinajstić information content (AvgIpc) is 3.39. The molecule has 4 rings (SSSR count). The Hall–Kier alpha value is -2.76. The molecule has 1 fully saturated rings. The number of nitrogens with one attached hydrogen (secondary N) is 1. The first kappa shape index (κ1) is 23.4. The highest BCUT2D eigenvalue weighted by atomic mass is 32.2. The fourth-order valence-electron chi connectivity index (χ4n) is 3.07. The van der Waals surface area contributed by atoms with Gasteiger partial charge in [0.2, 0.25) is 0 Å². The van der Waals surface area contributed by atoms with E-state index in [1.54, 1.807) is 17.9 Å². The predicted molar refractivity (Wildman–Crippen MR) is 124 cm³/mol. The third-order valence-electron chi connectivity index (χ3n) is 4.52. The molecule has 4 heterocycles. The van der Waals surface area contributed by atoms with Crippen LogP contribution in [0.1, 0.15) is 5.69 Å². The lowest BCUT2D eigenvalue weighted by molar-refractivity contribution is -0.150. The Kier molecular flexibility index (Phi) is 6.82. The van der Waals surface area contributed by atoms with Gasteiger partial charge in [0, 0.05) is 23.1 Å². The van der Waals surface area contributed by atoms with Crippen molar-refractivity contribution < 1.29 is 24.7 Å². The van der Waals surface area contributed by atoms with Crippen molar-refractivity contribution in [2.24, 2.45) is 12.2 Å². The summed E-state index contributed by atoms with van der Waals surface area (Å²) in [6.45, 7) is 0. The second kappa shape index (κ2) is 9.62. The Labute approximate surface area is 202 Å². The fraction of sp³-hybridized carbons (Fsp3) is 0.312. The Bertz CT molecular complexity index is 1180. The number of nitrogens with zero attached hydrogens (tertiary/aromatic N) is 6. The number of carboxylic acids is 1. The number of anilines is 1. The summed E-state index contributed by atoms with van der Waals surface area (Å²) in [6.07, 6.45) is 1.75. The predicted octanol–water partition coefficient (Wildman–Crippen LogP) is 0.211. The van der Waals surface area contributed by atoms with Crippen molar-refractivity contribution in [3.8, 4) is 0 Å². The van der Waals surface area contributed by atoms with Crippen LogP contribution in [0, 0.1) is 0 Å². The Morgan fingerprint density at radius 2 is 2.21 bits per heavy atom. The summed E-state index contributed by atoms with van der Waals surface area (Å²) in [4.78, 5) is 42.9. The summed E-state index contributed by atoms with van der Waals surface area (Å²) in [5.41, 5.74) is 5.14. The molecule has 2 aromatic heterocycles. The van der Waals surface area contributed by atoms with Crippen molar-refractivity contribution in [3.05, 3.63) is 27.9 Å². The SMILES string of the molecule is Cn1cc(SCSC2=C(C(=O)O)N3C(=O)[C@@H](NC(=O)/C(=N\O)c4csc(N)n4)[C@@H]3SC2)nn1. The van der Waals surface area contributed by atoms with Crippen LogP contribution in [0.2, 0.25) is 0 Å². The molecular weight excluding hydrogens is 512 g/mol. The van der Waals surface area contributed by atoms with E-state index in [1.165, 1.54) is 45.6 Å². The van der Waals surface area contributed by atoms with Gasteiger partial charge in [-0.2, -0.15) is 0 Å². The molecule has 33 heavy (non-hydrogen) atoms. The van der Waals surface area contributed by atoms with E-state index in [4.69, 9.17) is 5.73 Å². The fourth-order valence-corrected chi connectivity index (χ4v) is 7.28. The van der Waals surface area contributed by atoms with Gasteiger partial charge >= 0.3 is 5.97 Å². The number of oxime groups is 1. The number of hydrogen-bond acceptors (Lipinski definition) is 13. The number of β-lactam (4-membered cyclic amide) rings is 1. The number of aryl methyl sites for hydroxylation is 1. The molecule has 2 atom stereocenters. The van der Waals surface area contributed by atoms with Crippen LogP contribution in [0.3, 0.4) is 0 Å². The first-order valence-corrected chi connectivity index (χ1v) is 13.0. The Morgan fingerprint density at radius 3 is 2.82 bits per heavy atom. The molecule has 2 aliphatic heterocycles. The molecule has 1 saturated heterocycles. The van der Waals surface area contributed by atoms with Gasteiger partial charge in [-0.25, -0.2) is 9.78 Å². The van der Waals surface area contributed by atoms with E-state index in [0.717, 1.165) is 11.3 Å². The van der Waals surface area contributed by atoms with Gasteiger partial charge in [-0.1, -0.05) is 22.1 Å². The van der Waals surface area contributed by atoms with Crippen LogP contribution in [0.15, 0.2) is 32.4 Å². The molecule has 2 aliphatic rings. The first-order chi connectivity index (χ1) is 15.8. The minimum Gasteiger partial charge on any atom is -0.477 e. The van der Waals surface area contributed by atoms with Gasteiger partial charge in [0.25, 0.3) is 11.8 Å². The molecule has 0 unspecified atom stereocenters. The number of hydrogen-bond donors (Lipinski definition) is 4. The van der Waals surface area contributed by atoms with Crippen molar-refractivity contribution in [2.45, 2.75) is 16.4 Å². The van der Waals surface area contributed by atoms with Crippen molar-refractivity contribution in [3.63, 3.8) is 0 Å². The number of rotatable bonds is 8. The maximum absolute atomic E-state index is 12.8. The molecule has 13 nitrogen and oxygen atoms in total. The highest BCUT2D eigenvalue weighted by Crippen LogP contribution is 2.44. The molecule has 2 amide bonds. The van der Waals surface area contributed by atoms with E-state index in [2.05, 4.69) is 25.8 Å². The molecule has 2 aromatic rings. The molecule has 0 aromatic carbocycles. The van der Waals surface area contributed by atoms with Crippen LogP contribution in [-0.2, 0) is 21.4 Å². The third kappa shape index (κ3) is 4.66. The molecule has 0 saturated carbocycles. The Balaban J connectivity index is 1.43. The highest BCUT2D eigenvalue weighted by molar-refractivity contribution is 8.18. The molecule has 0 bridgehead atoms. The van der Waals surface area contributed by atoms with Gasteiger partial charge in [-0.15, -0.1) is 40.0 Å². The zero-order valence-corrected chi connectivity index (χ0v) is 20.0. The normalized spacial score (nSPS) is 20.5. The maximum Gasteiger partial charge on any atom is 0.353 e. The lowest BCUT2D eigenvalue weighted by Crippen LogP contribution is -2.71. The van der Waals surface area contributed by atoms with E-state index in [0.29, 0.717) is 20.8 Å². The maximum atomic E-state index is 12.8. The zero-order valence-electron chi connectivity index (χ0n) is 16.7. The summed E-state index contributed by atoms with van der Waals surface area (Å²) in [5.74, 6) is -2.24. The smallest absolute Gasteiger partial charge is 0.353 e. The number of nitrogen functional groups attached to an aromatic ring is 1. The highest BCUT2D eigenvalue weighted by Gasteiger charge is 2.54. The minimum atomic E-state index is -1.22. The van der Waals surface area contributed by atoms with Gasteiger partial charge < -0.3 is 21.4 Å². The summed E-state index contributed by atoms with van der Waals surface area (Å²) in [5, 5.41) is 34.5. The van der Waals surface area contributed by atoms with Crippen LogP contribution in [0.25, 0.3) is 0 Å². The van der Waals surface area contributed by atoms with E-state index in [-0.39, 0.29) is 22.2 Å².